The van der Waals surface area contributed by atoms with Gasteiger partial charge in [0.1, 0.15) is 0 Å². The van der Waals surface area contributed by atoms with Crippen LogP contribution in [-0.4, -0.2) is 10.1 Å². The van der Waals surface area contributed by atoms with Gasteiger partial charge in [0.15, 0.2) is 0 Å². The molecule has 0 unspecified atom stereocenters. The van der Waals surface area contributed by atoms with Crippen LogP contribution in [0.3, 0.4) is 0 Å². The standard InChI is InChI=1S/C3H4BrN3O/c4-3-6-2(1-5)8-7-3/h1,5H2. The summed E-state index contributed by atoms with van der Waals surface area (Å²) in [6.45, 7) is 0.290. The van der Waals surface area contributed by atoms with E-state index in [9.17, 15) is 0 Å². The summed E-state index contributed by atoms with van der Waals surface area (Å²) in [6.07, 6.45) is 0. The van der Waals surface area contributed by atoms with Gasteiger partial charge in [-0.1, -0.05) is 0 Å². The molecule has 1 aromatic heterocycles. The lowest BCUT2D eigenvalue weighted by molar-refractivity contribution is 0.377. The second-order valence-corrected chi connectivity index (χ2v) is 1.87. The Labute approximate surface area is 54.2 Å². The Morgan fingerprint density at radius 1 is 1.75 bits per heavy atom. The summed E-state index contributed by atoms with van der Waals surface area (Å²) in [5.74, 6) is 0.442. The topological polar surface area (TPSA) is 64.9 Å². The van der Waals surface area contributed by atoms with E-state index in [0.717, 1.165) is 0 Å². The predicted octanol–water partition coefficient (Wildman–Crippen LogP) is 0.291. The Balaban J connectivity index is 2.84. The molecule has 0 saturated carbocycles. The van der Waals surface area contributed by atoms with E-state index < -0.39 is 0 Å². The number of nitrogens with zero attached hydrogens (tertiary/aromatic N) is 2. The zero-order chi connectivity index (χ0) is 5.98. The average Bonchev–Trinajstić information content (AvgIpc) is 2.14. The Kier molecular flexibility index (Phi) is 1.59. The van der Waals surface area contributed by atoms with Crippen molar-refractivity contribution in [1.82, 2.24) is 10.1 Å². The van der Waals surface area contributed by atoms with Gasteiger partial charge in [0.2, 0.25) is 10.6 Å². The van der Waals surface area contributed by atoms with Crippen LogP contribution < -0.4 is 5.73 Å². The van der Waals surface area contributed by atoms with Crippen molar-refractivity contribution in [2.45, 2.75) is 6.54 Å². The van der Waals surface area contributed by atoms with Gasteiger partial charge in [-0.25, -0.2) is 0 Å². The molecule has 0 radical (unpaired) electrons. The van der Waals surface area contributed by atoms with E-state index in [1.807, 2.05) is 0 Å². The van der Waals surface area contributed by atoms with Crippen molar-refractivity contribution in [2.24, 2.45) is 5.73 Å². The second-order valence-electron chi connectivity index (χ2n) is 1.16. The molecule has 8 heavy (non-hydrogen) atoms. The van der Waals surface area contributed by atoms with Gasteiger partial charge in [-0.2, -0.15) is 4.98 Å². The van der Waals surface area contributed by atoms with Crippen LogP contribution in [0.2, 0.25) is 0 Å². The van der Waals surface area contributed by atoms with Crippen molar-refractivity contribution in [3.8, 4) is 0 Å². The number of hydrogen-bond donors (Lipinski definition) is 1. The summed E-state index contributed by atoms with van der Waals surface area (Å²) in [6, 6.07) is 0. The van der Waals surface area contributed by atoms with Crippen molar-refractivity contribution in [2.75, 3.05) is 0 Å². The zero-order valence-electron chi connectivity index (χ0n) is 3.97. The molecule has 0 aromatic carbocycles. The van der Waals surface area contributed by atoms with Crippen LogP contribution >= 0.6 is 15.9 Å². The molecular weight excluding hydrogens is 174 g/mol. The molecule has 0 aliphatic heterocycles. The summed E-state index contributed by atoms with van der Waals surface area (Å²) in [5, 5.41) is 3.44. The molecule has 0 amide bonds. The summed E-state index contributed by atoms with van der Waals surface area (Å²) < 4.78 is 5.02. The van der Waals surface area contributed by atoms with Gasteiger partial charge in [-0.3, -0.25) is 0 Å². The fourth-order valence-electron chi connectivity index (χ4n) is 0.317. The number of aromatic nitrogens is 2. The molecule has 1 rings (SSSR count). The second kappa shape index (κ2) is 2.23. The number of halogens is 1. The molecule has 5 heteroatoms. The summed E-state index contributed by atoms with van der Waals surface area (Å²) in [4.78, 5) is 3.74. The minimum atomic E-state index is 0.290. The fraction of sp³-hybridized carbons (Fsp3) is 0.333. The first-order valence-corrected chi connectivity index (χ1v) is 2.80. The highest BCUT2D eigenvalue weighted by atomic mass is 79.9. The van der Waals surface area contributed by atoms with Gasteiger partial charge in [0, 0.05) is 0 Å². The van der Waals surface area contributed by atoms with Gasteiger partial charge >= 0.3 is 0 Å². The molecule has 4 nitrogen and oxygen atoms in total. The van der Waals surface area contributed by atoms with Gasteiger partial charge in [-0.05, 0) is 21.1 Å². The molecule has 1 aromatic rings. The molecule has 0 spiro atoms. The highest BCUT2D eigenvalue weighted by molar-refractivity contribution is 9.10. The van der Waals surface area contributed by atoms with Crippen LogP contribution in [0.1, 0.15) is 5.89 Å². The average molecular weight is 178 g/mol. The minimum absolute atomic E-state index is 0.290. The fourth-order valence-corrected chi connectivity index (χ4v) is 0.587. The Morgan fingerprint density at radius 2 is 2.50 bits per heavy atom. The Morgan fingerprint density at radius 3 is 2.75 bits per heavy atom. The van der Waals surface area contributed by atoms with E-state index in [2.05, 4.69) is 30.6 Å². The van der Waals surface area contributed by atoms with Crippen LogP contribution in [0.5, 0.6) is 0 Å². The SMILES string of the molecule is NCc1nc(Br)no1. The third kappa shape index (κ3) is 1.05. The summed E-state index contributed by atoms with van der Waals surface area (Å²) >= 11 is 3.00. The van der Waals surface area contributed by atoms with E-state index in [1.165, 1.54) is 0 Å². The van der Waals surface area contributed by atoms with E-state index >= 15 is 0 Å². The van der Waals surface area contributed by atoms with Crippen LogP contribution in [0.15, 0.2) is 9.26 Å². The normalized spacial score (nSPS) is 9.75. The maximum absolute atomic E-state index is 5.15. The quantitative estimate of drug-likeness (QED) is 0.671. The molecule has 0 bridgehead atoms. The first kappa shape index (κ1) is 5.71. The number of rotatable bonds is 1. The zero-order valence-corrected chi connectivity index (χ0v) is 5.55. The summed E-state index contributed by atoms with van der Waals surface area (Å²) in [7, 11) is 0. The molecule has 0 atom stereocenters. The monoisotopic (exact) mass is 177 g/mol. The molecule has 0 aliphatic carbocycles. The van der Waals surface area contributed by atoms with Gasteiger partial charge in [0.25, 0.3) is 0 Å². The van der Waals surface area contributed by atoms with Crippen LogP contribution in [0, 0.1) is 0 Å². The van der Waals surface area contributed by atoms with E-state index in [1.54, 1.807) is 0 Å². The van der Waals surface area contributed by atoms with Gasteiger partial charge < -0.3 is 10.3 Å². The van der Waals surface area contributed by atoms with Crippen molar-refractivity contribution < 1.29 is 4.52 Å². The molecule has 0 saturated heterocycles. The third-order valence-electron chi connectivity index (χ3n) is 0.618. The molecule has 2 N–H and O–H groups in total. The van der Waals surface area contributed by atoms with Crippen LogP contribution in [0.4, 0.5) is 0 Å². The van der Waals surface area contributed by atoms with E-state index in [0.29, 0.717) is 17.2 Å². The lowest BCUT2D eigenvalue weighted by Gasteiger charge is -1.75. The van der Waals surface area contributed by atoms with E-state index in [4.69, 9.17) is 5.73 Å². The maximum atomic E-state index is 5.15. The minimum Gasteiger partial charge on any atom is -0.337 e. The predicted molar refractivity (Wildman–Crippen MR) is 29.9 cm³/mol. The lowest BCUT2D eigenvalue weighted by Crippen LogP contribution is -1.95. The number of nitrogens with two attached hydrogens (primary N) is 1. The van der Waals surface area contributed by atoms with Crippen molar-refractivity contribution in [3.05, 3.63) is 10.6 Å². The first-order chi connectivity index (χ1) is 3.83. The Bertz CT molecular complexity index is 175. The van der Waals surface area contributed by atoms with Gasteiger partial charge in [0.05, 0.1) is 6.54 Å². The molecular formula is C3H4BrN3O. The number of hydrogen-bond acceptors (Lipinski definition) is 4. The highest BCUT2D eigenvalue weighted by Gasteiger charge is 1.97. The van der Waals surface area contributed by atoms with Crippen molar-refractivity contribution >= 4 is 15.9 Å². The maximum Gasteiger partial charge on any atom is 0.241 e. The molecule has 1 heterocycles. The lowest BCUT2D eigenvalue weighted by atomic mass is 10.7. The van der Waals surface area contributed by atoms with Crippen molar-refractivity contribution in [3.63, 3.8) is 0 Å². The molecule has 44 valence electrons. The smallest absolute Gasteiger partial charge is 0.241 e. The van der Waals surface area contributed by atoms with Crippen molar-refractivity contribution in [1.29, 1.82) is 0 Å². The highest BCUT2D eigenvalue weighted by Crippen LogP contribution is 2.01. The third-order valence-corrected chi connectivity index (χ3v) is 0.940. The molecule has 0 fully saturated rings. The van der Waals surface area contributed by atoms with Gasteiger partial charge in [-0.15, -0.1) is 0 Å². The Hall–Kier alpha value is -0.420. The largest absolute Gasteiger partial charge is 0.337 e. The summed E-state index contributed by atoms with van der Waals surface area (Å²) in [5.41, 5.74) is 5.15. The van der Waals surface area contributed by atoms with E-state index in [-0.39, 0.29) is 0 Å². The van der Waals surface area contributed by atoms with Crippen LogP contribution in [-0.2, 0) is 6.54 Å². The molecule has 0 aliphatic rings. The first-order valence-electron chi connectivity index (χ1n) is 2.01. The van der Waals surface area contributed by atoms with Crippen LogP contribution in [0.25, 0.3) is 0 Å².